The molecule has 5 nitrogen and oxygen atoms in total. The molecular weight excluding hydrogens is 250 g/mol. The molecule has 4 rings (SSSR count). The predicted octanol–water partition coefficient (Wildman–Crippen LogP) is 2.01. The van der Waals surface area contributed by atoms with Crippen molar-refractivity contribution in [3.63, 3.8) is 0 Å². The Morgan fingerprint density at radius 2 is 2.25 bits per heavy atom. The van der Waals surface area contributed by atoms with Gasteiger partial charge in [0.15, 0.2) is 0 Å². The van der Waals surface area contributed by atoms with E-state index in [2.05, 4.69) is 45.0 Å². The average Bonchev–Trinajstić information content (AvgIpc) is 3.10. The molecule has 0 bridgehead atoms. The summed E-state index contributed by atoms with van der Waals surface area (Å²) in [4.78, 5) is 12.6. The van der Waals surface area contributed by atoms with Crippen molar-refractivity contribution in [3.05, 3.63) is 47.8 Å². The van der Waals surface area contributed by atoms with Gasteiger partial charge in [0.2, 0.25) is 0 Å². The summed E-state index contributed by atoms with van der Waals surface area (Å²) >= 11 is 0. The lowest BCUT2D eigenvalue weighted by molar-refractivity contribution is 0.511. The summed E-state index contributed by atoms with van der Waals surface area (Å²) in [5.74, 6) is 1.06. The molecule has 102 valence electrons. The minimum atomic E-state index is 0.0809. The molecule has 5 heteroatoms. The van der Waals surface area contributed by atoms with Gasteiger partial charge in [-0.25, -0.2) is 9.97 Å². The van der Waals surface area contributed by atoms with E-state index in [-0.39, 0.29) is 6.04 Å². The van der Waals surface area contributed by atoms with Gasteiger partial charge in [0, 0.05) is 25.2 Å². The molecule has 1 atom stereocenters. The third-order valence-corrected chi connectivity index (χ3v) is 4.01. The van der Waals surface area contributed by atoms with Gasteiger partial charge in [-0.2, -0.15) is 0 Å². The van der Waals surface area contributed by atoms with Crippen LogP contribution in [-0.4, -0.2) is 26.1 Å². The number of aromatic amines is 1. The van der Waals surface area contributed by atoms with Gasteiger partial charge in [0.1, 0.15) is 11.9 Å². The Bertz CT molecular complexity index is 755. The highest BCUT2D eigenvalue weighted by Gasteiger charge is 2.28. The lowest BCUT2D eigenvalue weighted by atomic mass is 10.1. The van der Waals surface area contributed by atoms with E-state index in [0.29, 0.717) is 0 Å². The van der Waals surface area contributed by atoms with Crippen molar-refractivity contribution in [2.24, 2.45) is 0 Å². The standard InChI is InChI=1S/C15H17N5/c1-2-20-12-6-4-3-5-10(12)19-15(20)14-13-11(7-8-16-14)17-9-18-13/h3-6,9,14,16H,2,7-8H2,1H3,(H,17,18)/t14-/m0/s1. The van der Waals surface area contributed by atoms with E-state index in [0.717, 1.165) is 36.5 Å². The van der Waals surface area contributed by atoms with E-state index in [1.807, 2.05) is 6.07 Å². The number of aryl methyl sites for hydroxylation is 1. The third kappa shape index (κ3) is 1.59. The van der Waals surface area contributed by atoms with Crippen molar-refractivity contribution in [2.75, 3.05) is 6.54 Å². The lowest BCUT2D eigenvalue weighted by Gasteiger charge is -2.23. The largest absolute Gasteiger partial charge is 0.348 e. The maximum atomic E-state index is 4.83. The number of para-hydroxylation sites is 2. The molecule has 2 N–H and O–H groups in total. The zero-order valence-corrected chi connectivity index (χ0v) is 11.4. The van der Waals surface area contributed by atoms with Crippen molar-refractivity contribution in [1.82, 2.24) is 24.8 Å². The molecule has 1 aliphatic rings. The van der Waals surface area contributed by atoms with Crippen molar-refractivity contribution in [3.8, 4) is 0 Å². The predicted molar refractivity (Wildman–Crippen MR) is 77.5 cm³/mol. The van der Waals surface area contributed by atoms with E-state index in [1.165, 1.54) is 11.2 Å². The number of rotatable bonds is 2. The molecule has 0 radical (unpaired) electrons. The quantitative estimate of drug-likeness (QED) is 0.746. The molecular formula is C15H17N5. The molecule has 1 aromatic carbocycles. The second kappa shape index (κ2) is 4.45. The smallest absolute Gasteiger partial charge is 0.133 e. The van der Waals surface area contributed by atoms with Crippen molar-refractivity contribution < 1.29 is 0 Å². The Morgan fingerprint density at radius 3 is 3.15 bits per heavy atom. The first-order valence-electron chi connectivity index (χ1n) is 7.09. The molecule has 1 aliphatic heterocycles. The van der Waals surface area contributed by atoms with Crippen LogP contribution in [0.1, 0.15) is 30.2 Å². The molecule has 2 aromatic heterocycles. The highest BCUT2D eigenvalue weighted by molar-refractivity contribution is 5.76. The Balaban J connectivity index is 1.91. The third-order valence-electron chi connectivity index (χ3n) is 4.01. The van der Waals surface area contributed by atoms with Gasteiger partial charge in [-0.3, -0.25) is 0 Å². The topological polar surface area (TPSA) is 58.5 Å². The van der Waals surface area contributed by atoms with Gasteiger partial charge in [-0.05, 0) is 19.1 Å². The number of benzene rings is 1. The molecule has 20 heavy (non-hydrogen) atoms. The average molecular weight is 267 g/mol. The summed E-state index contributed by atoms with van der Waals surface area (Å²) in [6, 6.07) is 8.38. The fraction of sp³-hybridized carbons (Fsp3) is 0.333. The minimum Gasteiger partial charge on any atom is -0.348 e. The summed E-state index contributed by atoms with van der Waals surface area (Å²) in [6.07, 6.45) is 2.78. The SMILES string of the molecule is CCn1c([C@H]2NCCc3[nH]cnc32)nc2ccccc21. The highest BCUT2D eigenvalue weighted by Crippen LogP contribution is 2.28. The van der Waals surface area contributed by atoms with Crippen LogP contribution >= 0.6 is 0 Å². The second-order valence-corrected chi connectivity index (χ2v) is 5.11. The maximum absolute atomic E-state index is 4.83. The summed E-state index contributed by atoms with van der Waals surface area (Å²) in [5, 5.41) is 3.55. The molecule has 0 saturated heterocycles. The number of aromatic nitrogens is 4. The molecule has 0 saturated carbocycles. The number of hydrogen-bond donors (Lipinski definition) is 2. The van der Waals surface area contributed by atoms with Gasteiger partial charge >= 0.3 is 0 Å². The van der Waals surface area contributed by atoms with Gasteiger partial charge in [0.25, 0.3) is 0 Å². The zero-order chi connectivity index (χ0) is 13.5. The van der Waals surface area contributed by atoms with Crippen molar-refractivity contribution in [1.29, 1.82) is 0 Å². The van der Waals surface area contributed by atoms with Crippen LogP contribution in [0, 0.1) is 0 Å². The number of imidazole rings is 2. The molecule has 3 aromatic rings. The molecule has 0 amide bonds. The molecule has 0 spiro atoms. The van der Waals surface area contributed by atoms with Crippen LogP contribution in [0.25, 0.3) is 11.0 Å². The van der Waals surface area contributed by atoms with E-state index in [4.69, 9.17) is 4.98 Å². The first-order chi connectivity index (χ1) is 9.88. The highest BCUT2D eigenvalue weighted by atomic mass is 15.1. The van der Waals surface area contributed by atoms with Crippen molar-refractivity contribution in [2.45, 2.75) is 25.9 Å². The first-order valence-corrected chi connectivity index (χ1v) is 7.09. The number of nitrogens with one attached hydrogen (secondary N) is 2. The first kappa shape index (κ1) is 11.7. The van der Waals surface area contributed by atoms with Gasteiger partial charge in [-0.15, -0.1) is 0 Å². The van der Waals surface area contributed by atoms with Gasteiger partial charge in [-0.1, -0.05) is 12.1 Å². The number of H-pyrrole nitrogens is 1. The van der Waals surface area contributed by atoms with Crippen LogP contribution in [-0.2, 0) is 13.0 Å². The van der Waals surface area contributed by atoms with Crippen LogP contribution in [0.3, 0.4) is 0 Å². The van der Waals surface area contributed by atoms with Crippen LogP contribution in [0.2, 0.25) is 0 Å². The van der Waals surface area contributed by atoms with Crippen LogP contribution < -0.4 is 5.32 Å². The Morgan fingerprint density at radius 1 is 1.35 bits per heavy atom. The van der Waals surface area contributed by atoms with E-state index in [9.17, 15) is 0 Å². The summed E-state index contributed by atoms with van der Waals surface area (Å²) < 4.78 is 2.27. The van der Waals surface area contributed by atoms with Gasteiger partial charge < -0.3 is 14.9 Å². The zero-order valence-electron chi connectivity index (χ0n) is 11.4. The number of hydrogen-bond acceptors (Lipinski definition) is 3. The fourth-order valence-corrected chi connectivity index (χ4v) is 3.08. The van der Waals surface area contributed by atoms with Crippen LogP contribution in [0.15, 0.2) is 30.6 Å². The fourth-order valence-electron chi connectivity index (χ4n) is 3.08. The molecule has 0 aliphatic carbocycles. The summed E-state index contributed by atoms with van der Waals surface area (Å²) in [6.45, 7) is 4.02. The Labute approximate surface area is 117 Å². The number of fused-ring (bicyclic) bond motifs is 2. The van der Waals surface area contributed by atoms with E-state index in [1.54, 1.807) is 6.33 Å². The van der Waals surface area contributed by atoms with Crippen LogP contribution in [0.4, 0.5) is 0 Å². The van der Waals surface area contributed by atoms with E-state index >= 15 is 0 Å². The maximum Gasteiger partial charge on any atom is 0.133 e. The molecule has 0 unspecified atom stereocenters. The van der Waals surface area contributed by atoms with Crippen molar-refractivity contribution >= 4 is 11.0 Å². The van der Waals surface area contributed by atoms with E-state index < -0.39 is 0 Å². The normalized spacial score (nSPS) is 18.4. The minimum absolute atomic E-state index is 0.0809. The second-order valence-electron chi connectivity index (χ2n) is 5.11. The molecule has 0 fully saturated rings. The van der Waals surface area contributed by atoms with Gasteiger partial charge in [0.05, 0.1) is 23.1 Å². The summed E-state index contributed by atoms with van der Waals surface area (Å²) in [5.41, 5.74) is 4.55. The Kier molecular flexibility index (Phi) is 2.60. The monoisotopic (exact) mass is 267 g/mol. The van der Waals surface area contributed by atoms with Crippen LogP contribution in [0.5, 0.6) is 0 Å². The molecule has 3 heterocycles. The Hall–Kier alpha value is -2.14. The lowest BCUT2D eigenvalue weighted by Crippen LogP contribution is -2.32. The summed E-state index contributed by atoms with van der Waals surface area (Å²) in [7, 11) is 0. The number of nitrogens with zero attached hydrogens (tertiary/aromatic N) is 3.